The van der Waals surface area contributed by atoms with Gasteiger partial charge in [-0.15, -0.1) is 0 Å². The number of urea groups is 1. The maximum atomic E-state index is 13.8. The van der Waals surface area contributed by atoms with Crippen LogP contribution in [0.15, 0.2) is 42.5 Å². The van der Waals surface area contributed by atoms with Crippen LogP contribution < -0.4 is 10.6 Å². The number of aryl methyl sites for hydroxylation is 1. The van der Waals surface area contributed by atoms with E-state index in [9.17, 15) is 14.0 Å². The number of carbonyl (C=O) groups excluding carboxylic acids is 2. The van der Waals surface area contributed by atoms with Crippen LogP contribution in [-0.2, 0) is 17.9 Å². The van der Waals surface area contributed by atoms with Gasteiger partial charge in [0.05, 0.1) is 13.1 Å². The van der Waals surface area contributed by atoms with Gasteiger partial charge < -0.3 is 10.6 Å². The van der Waals surface area contributed by atoms with E-state index in [0.29, 0.717) is 12.1 Å². The molecule has 5 nitrogen and oxygen atoms in total. The average Bonchev–Trinajstić information content (AvgIpc) is 2.88. The van der Waals surface area contributed by atoms with E-state index >= 15 is 0 Å². The summed E-state index contributed by atoms with van der Waals surface area (Å²) in [6, 6.07) is 12.0. The molecule has 124 valence electrons. The third kappa shape index (κ3) is 3.53. The van der Waals surface area contributed by atoms with E-state index in [1.807, 2.05) is 31.2 Å². The van der Waals surface area contributed by atoms with Crippen LogP contribution in [0.4, 0.5) is 14.9 Å². The minimum absolute atomic E-state index is 0.0450. The number of benzene rings is 2. The molecule has 1 heterocycles. The molecule has 24 heavy (non-hydrogen) atoms. The maximum Gasteiger partial charge on any atom is 0.324 e. The Kier molecular flexibility index (Phi) is 4.46. The van der Waals surface area contributed by atoms with Gasteiger partial charge in [-0.3, -0.25) is 9.69 Å². The fourth-order valence-corrected chi connectivity index (χ4v) is 2.61. The van der Waals surface area contributed by atoms with Crippen LogP contribution in [0.1, 0.15) is 16.7 Å². The van der Waals surface area contributed by atoms with Crippen LogP contribution in [-0.4, -0.2) is 23.4 Å². The molecule has 3 rings (SSSR count). The molecule has 1 aliphatic rings. The third-order valence-electron chi connectivity index (χ3n) is 3.89. The molecule has 2 N–H and O–H groups in total. The smallest absolute Gasteiger partial charge is 0.324 e. The van der Waals surface area contributed by atoms with Gasteiger partial charge in [0.25, 0.3) is 0 Å². The zero-order valence-electron chi connectivity index (χ0n) is 13.3. The molecule has 0 aromatic heterocycles. The first kappa shape index (κ1) is 16.0. The van der Waals surface area contributed by atoms with Crippen LogP contribution >= 0.6 is 0 Å². The molecule has 0 saturated carbocycles. The molecule has 0 atom stereocenters. The third-order valence-corrected chi connectivity index (χ3v) is 3.89. The van der Waals surface area contributed by atoms with Gasteiger partial charge in [-0.05, 0) is 30.7 Å². The molecule has 0 unspecified atom stereocenters. The van der Waals surface area contributed by atoms with Crippen molar-refractivity contribution in [2.75, 3.05) is 11.9 Å². The number of imide groups is 1. The number of hydrogen-bond acceptors (Lipinski definition) is 3. The van der Waals surface area contributed by atoms with Crippen molar-refractivity contribution < 1.29 is 14.0 Å². The van der Waals surface area contributed by atoms with Gasteiger partial charge in [-0.25, -0.2) is 9.18 Å². The normalized spacial score (nSPS) is 14.0. The van der Waals surface area contributed by atoms with Gasteiger partial charge in [0.15, 0.2) is 0 Å². The Morgan fingerprint density at radius 2 is 2.04 bits per heavy atom. The Morgan fingerprint density at radius 1 is 1.21 bits per heavy atom. The Balaban J connectivity index is 1.68. The minimum atomic E-state index is -0.375. The Labute approximate surface area is 139 Å². The number of anilines is 1. The van der Waals surface area contributed by atoms with Gasteiger partial charge in [-0.1, -0.05) is 29.8 Å². The number of nitrogens with zero attached hydrogens (tertiary/aromatic N) is 1. The molecular formula is C18H18FN3O2. The van der Waals surface area contributed by atoms with Gasteiger partial charge >= 0.3 is 6.03 Å². The fraction of sp³-hybridized carbons (Fsp3) is 0.222. The van der Waals surface area contributed by atoms with Crippen molar-refractivity contribution in [2.24, 2.45) is 0 Å². The van der Waals surface area contributed by atoms with E-state index in [2.05, 4.69) is 10.6 Å². The summed E-state index contributed by atoms with van der Waals surface area (Å²) in [6.07, 6.45) is 0. The summed E-state index contributed by atoms with van der Waals surface area (Å²) in [7, 11) is 0. The van der Waals surface area contributed by atoms with Crippen LogP contribution in [0, 0.1) is 12.7 Å². The number of nitrogens with one attached hydrogen (secondary N) is 2. The van der Waals surface area contributed by atoms with Gasteiger partial charge in [0.2, 0.25) is 5.91 Å². The van der Waals surface area contributed by atoms with Gasteiger partial charge in [0, 0.05) is 17.8 Å². The van der Waals surface area contributed by atoms with Crippen LogP contribution in [0.25, 0.3) is 0 Å². The van der Waals surface area contributed by atoms with Crippen LogP contribution in [0.3, 0.4) is 0 Å². The SMILES string of the molecule is Cc1ccc(F)c(CNc2cccc(CN3C(=O)CNC3=O)c2)c1. The summed E-state index contributed by atoms with van der Waals surface area (Å²) in [5.74, 6) is -0.483. The summed E-state index contributed by atoms with van der Waals surface area (Å²) in [5, 5.41) is 5.67. The highest BCUT2D eigenvalue weighted by Crippen LogP contribution is 2.17. The number of halogens is 1. The van der Waals surface area contributed by atoms with Gasteiger partial charge in [-0.2, -0.15) is 0 Å². The molecular weight excluding hydrogens is 309 g/mol. The molecule has 2 aromatic carbocycles. The number of rotatable bonds is 5. The zero-order chi connectivity index (χ0) is 17.1. The number of amides is 3. The lowest BCUT2D eigenvalue weighted by atomic mass is 10.1. The highest BCUT2D eigenvalue weighted by molar-refractivity contribution is 6.01. The molecule has 1 fully saturated rings. The standard InChI is InChI=1S/C18H18FN3O2/c1-12-5-6-16(19)14(7-12)9-20-15-4-2-3-13(8-15)11-22-17(23)10-21-18(22)24/h2-8,20H,9-11H2,1H3,(H,21,24). The van der Waals surface area contributed by atoms with Crippen LogP contribution in [0.2, 0.25) is 0 Å². The fourth-order valence-electron chi connectivity index (χ4n) is 2.61. The summed E-state index contributed by atoms with van der Waals surface area (Å²) in [6.45, 7) is 2.55. The molecule has 1 saturated heterocycles. The van der Waals surface area contributed by atoms with Crippen molar-refractivity contribution in [1.82, 2.24) is 10.2 Å². The Bertz CT molecular complexity index is 776. The zero-order valence-corrected chi connectivity index (χ0v) is 13.3. The first-order valence-corrected chi connectivity index (χ1v) is 7.69. The highest BCUT2D eigenvalue weighted by Gasteiger charge is 2.28. The molecule has 6 heteroatoms. The molecule has 0 aliphatic carbocycles. The lowest BCUT2D eigenvalue weighted by Gasteiger charge is -2.14. The first-order valence-electron chi connectivity index (χ1n) is 7.69. The molecule has 3 amide bonds. The predicted octanol–water partition coefficient (Wildman–Crippen LogP) is 2.80. The van der Waals surface area contributed by atoms with Crippen molar-refractivity contribution in [1.29, 1.82) is 0 Å². The quantitative estimate of drug-likeness (QED) is 0.830. The average molecular weight is 327 g/mol. The number of carbonyl (C=O) groups is 2. The summed E-state index contributed by atoms with van der Waals surface area (Å²) >= 11 is 0. The van der Waals surface area contributed by atoms with E-state index in [1.54, 1.807) is 12.1 Å². The van der Waals surface area contributed by atoms with Crippen LogP contribution in [0.5, 0.6) is 0 Å². The van der Waals surface area contributed by atoms with E-state index in [-0.39, 0.29) is 30.8 Å². The molecule has 0 spiro atoms. The molecule has 1 aliphatic heterocycles. The maximum absolute atomic E-state index is 13.8. The lowest BCUT2D eigenvalue weighted by Crippen LogP contribution is -2.30. The lowest BCUT2D eigenvalue weighted by molar-refractivity contribution is -0.125. The Hall–Kier alpha value is -2.89. The summed E-state index contributed by atoms with van der Waals surface area (Å²) in [4.78, 5) is 24.4. The first-order chi connectivity index (χ1) is 11.5. The van der Waals surface area contributed by atoms with E-state index < -0.39 is 0 Å². The predicted molar refractivity (Wildman–Crippen MR) is 88.9 cm³/mol. The van der Waals surface area contributed by atoms with E-state index in [1.165, 1.54) is 11.0 Å². The Morgan fingerprint density at radius 3 is 2.79 bits per heavy atom. The molecule has 2 aromatic rings. The molecule has 0 radical (unpaired) electrons. The molecule has 0 bridgehead atoms. The summed E-state index contributed by atoms with van der Waals surface area (Å²) < 4.78 is 13.8. The van der Waals surface area contributed by atoms with E-state index in [0.717, 1.165) is 16.8 Å². The second kappa shape index (κ2) is 6.70. The monoisotopic (exact) mass is 327 g/mol. The minimum Gasteiger partial charge on any atom is -0.381 e. The van der Waals surface area contributed by atoms with Crippen molar-refractivity contribution in [3.8, 4) is 0 Å². The highest BCUT2D eigenvalue weighted by atomic mass is 19.1. The van der Waals surface area contributed by atoms with Crippen molar-refractivity contribution >= 4 is 17.6 Å². The van der Waals surface area contributed by atoms with Gasteiger partial charge in [0.1, 0.15) is 5.82 Å². The second-order valence-corrected chi connectivity index (χ2v) is 5.79. The van der Waals surface area contributed by atoms with E-state index in [4.69, 9.17) is 0 Å². The second-order valence-electron chi connectivity index (χ2n) is 5.79. The van der Waals surface area contributed by atoms with Crippen molar-refractivity contribution in [3.63, 3.8) is 0 Å². The van der Waals surface area contributed by atoms with Crippen molar-refractivity contribution in [3.05, 3.63) is 65.0 Å². The topological polar surface area (TPSA) is 61.4 Å². The van der Waals surface area contributed by atoms with Crippen molar-refractivity contribution in [2.45, 2.75) is 20.0 Å². The largest absolute Gasteiger partial charge is 0.381 e. The summed E-state index contributed by atoms with van der Waals surface area (Å²) in [5.41, 5.74) is 3.23. The number of hydrogen-bond donors (Lipinski definition) is 2.